The average Bonchev–Trinajstić information content (AvgIpc) is 3.45. The number of aliphatic hydroxyl groups excluding tert-OH is 1. The number of aldehydes is 1. The van der Waals surface area contributed by atoms with Gasteiger partial charge in [-0.2, -0.15) is 0 Å². The third-order valence-electron chi connectivity index (χ3n) is 11.1. The summed E-state index contributed by atoms with van der Waals surface area (Å²) in [5.74, 6) is -0.269. The summed E-state index contributed by atoms with van der Waals surface area (Å²) >= 11 is 0. The van der Waals surface area contributed by atoms with Crippen molar-refractivity contribution in [2.45, 2.75) is 73.1 Å². The normalized spacial score (nSPS) is 25.1. The van der Waals surface area contributed by atoms with Crippen LogP contribution in [0.2, 0.25) is 0 Å². The maximum atomic E-state index is 14.2. The fourth-order valence-electron chi connectivity index (χ4n) is 8.79. The standard InChI is InChI=1S/C40H58N6O6/c1-28-20-43(22-33(38(3,4)5)45(21-28)31-11-9-8-10-12-31)37(51)42-19-35(52-29(2)49)40-25-39(6,7)34(23-44(26-40)36(50)41-17-18-47)46(27-40)32-15-13-30(24-48)14-16-32/h8-16,24,28,33-35,47H,17-23,25-27H2,1-7H3,(H,41,50)(H,42,51)/t28-,33-,34-,35?,40?/m1/s1. The minimum Gasteiger partial charge on any atom is -0.460 e. The molecule has 2 aromatic rings. The molecule has 0 aromatic heterocycles. The summed E-state index contributed by atoms with van der Waals surface area (Å²) in [6, 6.07) is 17.2. The van der Waals surface area contributed by atoms with Crippen LogP contribution in [0.25, 0.3) is 0 Å². The number of fused-ring (bicyclic) bond motifs is 4. The summed E-state index contributed by atoms with van der Waals surface area (Å²) in [5.41, 5.74) is 1.33. The molecule has 0 spiro atoms. The summed E-state index contributed by atoms with van der Waals surface area (Å²) < 4.78 is 6.17. The van der Waals surface area contributed by atoms with E-state index in [0.717, 1.165) is 24.2 Å². The van der Waals surface area contributed by atoms with Gasteiger partial charge < -0.3 is 40.1 Å². The molecule has 12 nitrogen and oxygen atoms in total. The molecule has 4 aliphatic heterocycles. The Morgan fingerprint density at radius 1 is 0.904 bits per heavy atom. The molecule has 12 heteroatoms. The summed E-state index contributed by atoms with van der Waals surface area (Å²) in [6.07, 6.45) is 0.676. The molecule has 52 heavy (non-hydrogen) atoms. The van der Waals surface area contributed by atoms with E-state index in [-0.39, 0.29) is 67.1 Å². The molecule has 0 radical (unpaired) electrons. The van der Waals surface area contributed by atoms with E-state index in [1.807, 2.05) is 35.2 Å². The van der Waals surface area contributed by atoms with Gasteiger partial charge in [-0.25, -0.2) is 9.59 Å². The topological polar surface area (TPSA) is 135 Å². The Balaban J connectivity index is 1.46. The second-order valence-electron chi connectivity index (χ2n) is 16.9. The first kappa shape index (κ1) is 38.9. The Bertz CT molecular complexity index is 1560. The molecule has 4 saturated heterocycles. The van der Waals surface area contributed by atoms with Crippen molar-refractivity contribution in [1.29, 1.82) is 0 Å². The predicted molar refractivity (Wildman–Crippen MR) is 203 cm³/mol. The number of carbonyl (C=O) groups excluding carboxylic acids is 4. The highest BCUT2D eigenvalue weighted by Gasteiger charge is 2.58. The lowest BCUT2D eigenvalue weighted by Crippen LogP contribution is -2.63. The zero-order valence-corrected chi connectivity index (χ0v) is 31.9. The van der Waals surface area contributed by atoms with Gasteiger partial charge in [-0.1, -0.05) is 59.7 Å². The van der Waals surface area contributed by atoms with Crippen molar-refractivity contribution in [2.24, 2.45) is 22.2 Å². The van der Waals surface area contributed by atoms with E-state index >= 15 is 0 Å². The van der Waals surface area contributed by atoms with Crippen LogP contribution in [-0.4, -0.2) is 116 Å². The van der Waals surface area contributed by atoms with E-state index in [1.54, 1.807) is 17.0 Å². The monoisotopic (exact) mass is 718 g/mol. The van der Waals surface area contributed by atoms with E-state index in [4.69, 9.17) is 4.74 Å². The third kappa shape index (κ3) is 8.65. The lowest BCUT2D eigenvalue weighted by atomic mass is 9.63. The summed E-state index contributed by atoms with van der Waals surface area (Å²) in [6.45, 7) is 17.5. The SMILES string of the molecule is CC(=O)OC(CNC(=O)N1C[C@@H](C)CN(c2ccccc2)[C@@H](C(C)(C)C)C1)C12CN(C(=O)NCCO)C[C@@H](N(c3ccc(C=O)cc3)C1)C(C)(C)C2. The number of nitrogens with one attached hydrogen (secondary N) is 2. The largest absolute Gasteiger partial charge is 0.460 e. The van der Waals surface area contributed by atoms with Gasteiger partial charge in [0, 0.05) is 75.1 Å². The molecular formula is C40H58N6O6. The highest BCUT2D eigenvalue weighted by atomic mass is 16.5. The smallest absolute Gasteiger partial charge is 0.317 e. The number of piperidine rings is 1. The Hall–Kier alpha value is -4.32. The Morgan fingerprint density at radius 2 is 1.56 bits per heavy atom. The zero-order valence-electron chi connectivity index (χ0n) is 31.9. The summed E-state index contributed by atoms with van der Waals surface area (Å²) in [7, 11) is 0. The number of hydrogen-bond donors (Lipinski definition) is 3. The Morgan fingerprint density at radius 3 is 2.17 bits per heavy atom. The molecular weight excluding hydrogens is 660 g/mol. The van der Waals surface area contributed by atoms with Crippen LogP contribution in [0.3, 0.4) is 0 Å². The molecule has 4 heterocycles. The highest BCUT2D eigenvalue weighted by Crippen LogP contribution is 2.51. The van der Waals surface area contributed by atoms with Crippen LogP contribution >= 0.6 is 0 Å². The average molecular weight is 719 g/mol. The Labute approximate surface area is 308 Å². The number of urea groups is 2. The first-order chi connectivity index (χ1) is 24.6. The van der Waals surface area contributed by atoms with Gasteiger partial charge in [0.15, 0.2) is 0 Å². The molecule has 284 valence electrons. The van der Waals surface area contributed by atoms with Gasteiger partial charge in [-0.15, -0.1) is 0 Å². The number of ether oxygens (including phenoxy) is 1. The first-order valence-electron chi connectivity index (χ1n) is 18.5. The Kier molecular flexibility index (Phi) is 11.8. The molecule has 2 unspecified atom stereocenters. The van der Waals surface area contributed by atoms with Crippen molar-refractivity contribution in [3.05, 3.63) is 60.2 Å². The fourth-order valence-corrected chi connectivity index (χ4v) is 8.79. The fraction of sp³-hybridized carbons (Fsp3) is 0.600. The maximum absolute atomic E-state index is 14.2. The number of rotatable bonds is 9. The zero-order chi connectivity index (χ0) is 37.8. The molecule has 6 rings (SSSR count). The number of esters is 1. The summed E-state index contributed by atoms with van der Waals surface area (Å²) in [4.78, 5) is 60.5. The number of para-hydroxylation sites is 1. The maximum Gasteiger partial charge on any atom is 0.317 e. The number of hydrogen-bond acceptors (Lipinski definition) is 8. The molecule has 0 aliphatic carbocycles. The van der Waals surface area contributed by atoms with Crippen molar-refractivity contribution >= 4 is 35.7 Å². The predicted octanol–water partition coefficient (Wildman–Crippen LogP) is 4.62. The number of nitrogens with zero attached hydrogens (tertiary/aromatic N) is 4. The number of anilines is 2. The van der Waals surface area contributed by atoms with Gasteiger partial charge >= 0.3 is 18.0 Å². The van der Waals surface area contributed by atoms with Gasteiger partial charge in [-0.3, -0.25) is 9.59 Å². The molecule has 2 bridgehead atoms. The molecule has 4 aliphatic rings. The number of amides is 4. The molecule has 0 saturated carbocycles. The second-order valence-corrected chi connectivity index (χ2v) is 16.9. The number of aliphatic hydroxyl groups is 1. The van der Waals surface area contributed by atoms with Crippen LogP contribution in [-0.2, 0) is 9.53 Å². The van der Waals surface area contributed by atoms with Crippen molar-refractivity contribution < 1.29 is 29.0 Å². The van der Waals surface area contributed by atoms with Crippen LogP contribution in [0.1, 0.15) is 65.2 Å². The molecule has 5 atom stereocenters. The highest BCUT2D eigenvalue weighted by molar-refractivity contribution is 5.77. The first-order valence-corrected chi connectivity index (χ1v) is 18.5. The molecule has 4 fully saturated rings. The molecule has 2 aromatic carbocycles. The van der Waals surface area contributed by atoms with Crippen LogP contribution in [0.5, 0.6) is 0 Å². The van der Waals surface area contributed by atoms with Gasteiger partial charge in [0.05, 0.1) is 25.2 Å². The van der Waals surface area contributed by atoms with Crippen LogP contribution < -0.4 is 20.4 Å². The van der Waals surface area contributed by atoms with Gasteiger partial charge in [0.2, 0.25) is 0 Å². The van der Waals surface area contributed by atoms with Crippen molar-refractivity contribution in [2.75, 3.05) is 68.8 Å². The van der Waals surface area contributed by atoms with E-state index in [0.29, 0.717) is 38.2 Å². The molecule has 3 N–H and O–H groups in total. The lowest BCUT2D eigenvalue weighted by Gasteiger charge is -2.54. The van der Waals surface area contributed by atoms with Crippen LogP contribution in [0.15, 0.2) is 54.6 Å². The van der Waals surface area contributed by atoms with Crippen LogP contribution in [0.4, 0.5) is 21.0 Å². The minimum absolute atomic E-state index is 0.0524. The second kappa shape index (κ2) is 15.7. The van der Waals surface area contributed by atoms with Gasteiger partial charge in [-0.05, 0) is 59.6 Å². The number of carbonyl (C=O) groups is 4. The number of benzene rings is 2. The van der Waals surface area contributed by atoms with E-state index < -0.39 is 17.5 Å². The van der Waals surface area contributed by atoms with Gasteiger partial charge in [0.25, 0.3) is 0 Å². The quantitative estimate of drug-likeness (QED) is 0.253. The van der Waals surface area contributed by atoms with E-state index in [2.05, 4.69) is 74.1 Å². The van der Waals surface area contributed by atoms with Crippen molar-refractivity contribution in [1.82, 2.24) is 20.4 Å². The minimum atomic E-state index is -0.778. The lowest BCUT2D eigenvalue weighted by molar-refractivity contribution is -0.155. The third-order valence-corrected chi connectivity index (χ3v) is 11.1. The van der Waals surface area contributed by atoms with Crippen molar-refractivity contribution in [3.63, 3.8) is 0 Å². The van der Waals surface area contributed by atoms with E-state index in [9.17, 15) is 24.3 Å². The van der Waals surface area contributed by atoms with E-state index in [1.165, 1.54) is 6.92 Å². The molecule has 4 amide bonds. The summed E-state index contributed by atoms with van der Waals surface area (Å²) in [5, 5.41) is 15.5. The van der Waals surface area contributed by atoms with Crippen molar-refractivity contribution in [3.8, 4) is 0 Å². The van der Waals surface area contributed by atoms with Crippen LogP contribution in [0, 0.1) is 22.2 Å². The van der Waals surface area contributed by atoms with Gasteiger partial charge in [0.1, 0.15) is 12.4 Å².